The van der Waals surface area contributed by atoms with Gasteiger partial charge in [-0.05, 0) is 38.5 Å². The molecule has 0 aromatic rings. The van der Waals surface area contributed by atoms with Crippen molar-refractivity contribution in [3.8, 4) is 0 Å². The van der Waals surface area contributed by atoms with Gasteiger partial charge in [0.15, 0.2) is 0 Å². The molecule has 3 saturated carbocycles. The first-order chi connectivity index (χ1) is 9.36. The van der Waals surface area contributed by atoms with Gasteiger partial charge in [-0.3, -0.25) is 0 Å². The van der Waals surface area contributed by atoms with Gasteiger partial charge in [-0.25, -0.2) is 0 Å². The van der Waals surface area contributed by atoms with E-state index in [0.717, 1.165) is 12.6 Å². The lowest BCUT2D eigenvalue weighted by Gasteiger charge is -2.40. The molecule has 0 aliphatic heterocycles. The van der Waals surface area contributed by atoms with Crippen LogP contribution in [0.25, 0.3) is 0 Å². The van der Waals surface area contributed by atoms with Crippen LogP contribution in [0.5, 0.6) is 0 Å². The van der Waals surface area contributed by atoms with Gasteiger partial charge in [-0.2, -0.15) is 0 Å². The molecule has 3 rings (SSSR count). The number of hydrogen-bond acceptors (Lipinski definition) is 2. The summed E-state index contributed by atoms with van der Waals surface area (Å²) < 4.78 is 6.72. The van der Waals surface area contributed by atoms with Crippen molar-refractivity contribution >= 4 is 0 Å². The zero-order valence-corrected chi connectivity index (χ0v) is 12.5. The Morgan fingerprint density at radius 1 is 0.789 bits per heavy atom. The summed E-state index contributed by atoms with van der Waals surface area (Å²) in [7, 11) is 0. The van der Waals surface area contributed by atoms with Crippen LogP contribution in [0.1, 0.15) is 83.5 Å². The Labute approximate surface area is 118 Å². The Morgan fingerprint density at radius 2 is 1.42 bits per heavy atom. The van der Waals surface area contributed by atoms with Crippen LogP contribution in [0.2, 0.25) is 0 Å². The number of ether oxygens (including phenoxy) is 1. The van der Waals surface area contributed by atoms with E-state index < -0.39 is 0 Å². The summed E-state index contributed by atoms with van der Waals surface area (Å²) in [6, 6.07) is 0.816. The number of hydrogen-bond donors (Lipinski definition) is 1. The first kappa shape index (κ1) is 13.9. The van der Waals surface area contributed by atoms with Crippen molar-refractivity contribution in [2.75, 3.05) is 6.54 Å². The van der Waals surface area contributed by atoms with Crippen LogP contribution in [0, 0.1) is 0 Å². The van der Waals surface area contributed by atoms with Crippen molar-refractivity contribution in [2.24, 2.45) is 0 Å². The van der Waals surface area contributed by atoms with Crippen LogP contribution in [-0.2, 0) is 4.74 Å². The molecule has 0 heterocycles. The highest BCUT2D eigenvalue weighted by Gasteiger charge is 2.37. The molecule has 0 unspecified atom stereocenters. The van der Waals surface area contributed by atoms with E-state index in [-0.39, 0.29) is 5.60 Å². The lowest BCUT2D eigenvalue weighted by Crippen LogP contribution is -2.47. The molecule has 2 nitrogen and oxygen atoms in total. The van der Waals surface area contributed by atoms with Crippen LogP contribution in [-0.4, -0.2) is 24.3 Å². The first-order valence-electron chi connectivity index (χ1n) is 8.78. The predicted octanol–water partition coefficient (Wildman–Crippen LogP) is 4.18. The minimum atomic E-state index is 0.190. The molecule has 1 N–H and O–H groups in total. The largest absolute Gasteiger partial charge is 0.370 e. The fourth-order valence-electron chi connectivity index (χ4n) is 3.86. The van der Waals surface area contributed by atoms with Crippen molar-refractivity contribution < 1.29 is 4.74 Å². The molecule has 0 bridgehead atoms. The van der Waals surface area contributed by atoms with Crippen LogP contribution >= 0.6 is 0 Å². The minimum Gasteiger partial charge on any atom is -0.370 e. The minimum absolute atomic E-state index is 0.190. The van der Waals surface area contributed by atoms with Gasteiger partial charge in [-0.1, -0.05) is 44.9 Å². The quantitative estimate of drug-likeness (QED) is 0.753. The van der Waals surface area contributed by atoms with E-state index in [2.05, 4.69) is 5.32 Å². The molecule has 0 atom stereocenters. The molecule has 3 aliphatic rings. The summed E-state index contributed by atoms with van der Waals surface area (Å²) in [5.41, 5.74) is 0.190. The van der Waals surface area contributed by atoms with Gasteiger partial charge in [0.25, 0.3) is 0 Å². The zero-order chi connectivity index (χ0) is 13.0. The molecule has 0 radical (unpaired) electrons. The maximum Gasteiger partial charge on any atom is 0.0810 e. The highest BCUT2D eigenvalue weighted by atomic mass is 16.5. The maximum absolute atomic E-state index is 6.72. The Kier molecular flexibility index (Phi) is 4.81. The van der Waals surface area contributed by atoms with Crippen LogP contribution in [0.15, 0.2) is 0 Å². The fraction of sp³-hybridized carbons (Fsp3) is 1.00. The molecule has 110 valence electrons. The van der Waals surface area contributed by atoms with E-state index in [1.807, 2.05) is 0 Å². The summed E-state index contributed by atoms with van der Waals surface area (Å²) in [4.78, 5) is 0. The Bertz CT molecular complexity index is 260. The molecule has 3 fully saturated rings. The molecular weight excluding hydrogens is 234 g/mol. The van der Waals surface area contributed by atoms with Gasteiger partial charge in [0, 0.05) is 12.6 Å². The second kappa shape index (κ2) is 6.58. The van der Waals surface area contributed by atoms with Crippen LogP contribution in [0.3, 0.4) is 0 Å². The van der Waals surface area contributed by atoms with Crippen LogP contribution in [0.4, 0.5) is 0 Å². The summed E-state index contributed by atoms with van der Waals surface area (Å²) in [6.45, 7) is 1.12. The second-order valence-electron chi connectivity index (χ2n) is 7.13. The average molecular weight is 265 g/mol. The third kappa shape index (κ3) is 4.19. The van der Waals surface area contributed by atoms with Gasteiger partial charge in [0.2, 0.25) is 0 Å². The fourth-order valence-corrected chi connectivity index (χ4v) is 3.86. The SMILES string of the molecule is C1CCCC(OC2(CNC3CC3)CCCCC2)CC1. The van der Waals surface area contributed by atoms with E-state index >= 15 is 0 Å². The molecule has 3 aliphatic carbocycles. The molecule has 0 aromatic heterocycles. The highest BCUT2D eigenvalue weighted by Crippen LogP contribution is 2.35. The predicted molar refractivity (Wildman–Crippen MR) is 79.4 cm³/mol. The average Bonchev–Trinajstić information content (AvgIpc) is 3.26. The Morgan fingerprint density at radius 3 is 2.05 bits per heavy atom. The zero-order valence-electron chi connectivity index (χ0n) is 12.5. The molecule has 19 heavy (non-hydrogen) atoms. The summed E-state index contributed by atoms with van der Waals surface area (Å²) in [5.74, 6) is 0. The third-order valence-corrected chi connectivity index (χ3v) is 5.27. The van der Waals surface area contributed by atoms with Gasteiger partial charge in [-0.15, -0.1) is 0 Å². The van der Waals surface area contributed by atoms with Gasteiger partial charge >= 0.3 is 0 Å². The van der Waals surface area contributed by atoms with Crippen molar-refractivity contribution in [1.29, 1.82) is 0 Å². The van der Waals surface area contributed by atoms with E-state index in [9.17, 15) is 0 Å². The molecule has 0 spiro atoms. The summed E-state index contributed by atoms with van der Waals surface area (Å²) in [6.07, 6.45) is 18.3. The van der Waals surface area contributed by atoms with E-state index in [4.69, 9.17) is 4.74 Å². The monoisotopic (exact) mass is 265 g/mol. The highest BCUT2D eigenvalue weighted by molar-refractivity contribution is 4.92. The van der Waals surface area contributed by atoms with Gasteiger partial charge in [0.05, 0.1) is 11.7 Å². The van der Waals surface area contributed by atoms with Crippen molar-refractivity contribution in [3.05, 3.63) is 0 Å². The number of rotatable bonds is 5. The second-order valence-corrected chi connectivity index (χ2v) is 7.13. The van der Waals surface area contributed by atoms with Crippen molar-refractivity contribution in [1.82, 2.24) is 5.32 Å². The lowest BCUT2D eigenvalue weighted by molar-refractivity contribution is -0.116. The Hall–Kier alpha value is -0.0800. The summed E-state index contributed by atoms with van der Waals surface area (Å²) in [5, 5.41) is 3.75. The van der Waals surface area contributed by atoms with Crippen molar-refractivity contribution in [2.45, 2.75) is 101 Å². The first-order valence-corrected chi connectivity index (χ1v) is 8.78. The molecule has 0 amide bonds. The van der Waals surface area contributed by atoms with E-state index in [0.29, 0.717) is 6.10 Å². The third-order valence-electron chi connectivity index (χ3n) is 5.27. The maximum atomic E-state index is 6.72. The summed E-state index contributed by atoms with van der Waals surface area (Å²) >= 11 is 0. The number of nitrogens with one attached hydrogen (secondary N) is 1. The normalized spacial score (nSPS) is 29.1. The molecular formula is C17H31NO. The van der Waals surface area contributed by atoms with Gasteiger partial charge < -0.3 is 10.1 Å². The standard InChI is InChI=1S/C17H31NO/c1-2-5-9-16(8-4-1)19-17(12-6-3-7-13-17)14-18-15-10-11-15/h15-16,18H,1-14H2. The smallest absolute Gasteiger partial charge is 0.0810 e. The van der Waals surface area contributed by atoms with Crippen LogP contribution < -0.4 is 5.32 Å². The topological polar surface area (TPSA) is 21.3 Å². The van der Waals surface area contributed by atoms with E-state index in [1.54, 1.807) is 0 Å². The van der Waals surface area contributed by atoms with Crippen molar-refractivity contribution in [3.63, 3.8) is 0 Å². The molecule has 0 saturated heterocycles. The Balaban J connectivity index is 1.56. The van der Waals surface area contributed by atoms with Gasteiger partial charge in [0.1, 0.15) is 0 Å². The molecule has 0 aromatic carbocycles. The lowest BCUT2D eigenvalue weighted by atomic mass is 9.84. The molecule has 2 heteroatoms. The van der Waals surface area contributed by atoms with E-state index in [1.165, 1.54) is 83.5 Å².